The number of carbonyl (C=O) groups is 1. The minimum absolute atomic E-state index is 0.00453. The van der Waals surface area contributed by atoms with Crippen molar-refractivity contribution in [3.05, 3.63) is 129 Å². The number of aryl methyl sites for hydroxylation is 4. The third-order valence-corrected chi connectivity index (χ3v) is 6.63. The van der Waals surface area contributed by atoms with Gasteiger partial charge in [0.05, 0.1) is 11.8 Å². The first kappa shape index (κ1) is 23.3. The Morgan fingerprint density at radius 3 is 1.26 bits per heavy atom. The molecule has 0 heterocycles. The molecule has 4 rings (SSSR count). The Labute approximate surface area is 201 Å². The van der Waals surface area contributed by atoms with Gasteiger partial charge in [-0.05, 0) is 84.3 Å². The molecule has 0 spiro atoms. The van der Waals surface area contributed by atoms with Crippen LogP contribution in [0.25, 0.3) is 0 Å². The van der Waals surface area contributed by atoms with E-state index in [1.54, 1.807) is 12.1 Å². The van der Waals surface area contributed by atoms with E-state index in [9.17, 15) is 15.0 Å². The van der Waals surface area contributed by atoms with E-state index in [-0.39, 0.29) is 17.3 Å². The number of carbonyl (C=O) groups excluding carboxylic acids is 1. The highest BCUT2D eigenvalue weighted by Crippen LogP contribution is 2.40. The zero-order chi connectivity index (χ0) is 24.4. The van der Waals surface area contributed by atoms with Crippen LogP contribution in [0.5, 0.6) is 11.5 Å². The van der Waals surface area contributed by atoms with Gasteiger partial charge in [-0.3, -0.25) is 4.79 Å². The van der Waals surface area contributed by atoms with Crippen molar-refractivity contribution in [2.75, 3.05) is 0 Å². The summed E-state index contributed by atoms with van der Waals surface area (Å²) in [6, 6.07) is 26.7. The average Bonchev–Trinajstić information content (AvgIpc) is 2.82. The first-order chi connectivity index (χ1) is 16.3. The largest absolute Gasteiger partial charge is 0.508 e. The standard InChI is InChI=1S/C31H30O3/c1-19-15-21(3)27(32)17-25(19)29(23-11-7-5-8-12-23)31(34)30(24-13-9-6-10-14-24)26-18-28(33)22(4)16-20(26)2/h5-18,29-30,32-33H,1-4H3. The molecule has 4 aromatic rings. The van der Waals surface area contributed by atoms with Gasteiger partial charge >= 0.3 is 0 Å². The molecule has 0 radical (unpaired) electrons. The van der Waals surface area contributed by atoms with Crippen molar-refractivity contribution in [2.24, 2.45) is 0 Å². The van der Waals surface area contributed by atoms with Gasteiger partial charge in [0, 0.05) is 0 Å². The van der Waals surface area contributed by atoms with Gasteiger partial charge in [-0.2, -0.15) is 0 Å². The second kappa shape index (κ2) is 9.56. The molecule has 0 bridgehead atoms. The smallest absolute Gasteiger partial charge is 0.156 e. The molecule has 2 atom stereocenters. The monoisotopic (exact) mass is 450 g/mol. The minimum atomic E-state index is -0.583. The normalized spacial score (nSPS) is 12.8. The highest BCUT2D eigenvalue weighted by atomic mass is 16.3. The second-order valence-corrected chi connectivity index (χ2v) is 9.08. The van der Waals surface area contributed by atoms with E-state index in [1.165, 1.54) is 0 Å². The van der Waals surface area contributed by atoms with Gasteiger partial charge in [-0.15, -0.1) is 0 Å². The molecule has 3 nitrogen and oxygen atoms in total. The fourth-order valence-corrected chi connectivity index (χ4v) is 4.79. The summed E-state index contributed by atoms with van der Waals surface area (Å²) in [6.45, 7) is 7.67. The minimum Gasteiger partial charge on any atom is -0.508 e. The average molecular weight is 451 g/mol. The number of hydrogen-bond acceptors (Lipinski definition) is 3. The van der Waals surface area contributed by atoms with Gasteiger partial charge < -0.3 is 10.2 Å². The van der Waals surface area contributed by atoms with E-state index in [0.29, 0.717) is 0 Å². The van der Waals surface area contributed by atoms with Crippen LogP contribution in [0.1, 0.15) is 56.3 Å². The van der Waals surface area contributed by atoms with E-state index in [1.807, 2.05) is 100 Å². The Kier molecular flexibility index (Phi) is 6.56. The SMILES string of the molecule is Cc1cc(C)c(C(C(=O)C(c2ccccc2)c2cc(O)c(C)cc2C)c2ccccc2)cc1O. The third-order valence-electron chi connectivity index (χ3n) is 6.63. The Morgan fingerprint density at radius 1 is 0.559 bits per heavy atom. The predicted octanol–water partition coefficient (Wildman–Crippen LogP) is 6.86. The van der Waals surface area contributed by atoms with E-state index < -0.39 is 11.8 Å². The first-order valence-electron chi connectivity index (χ1n) is 11.5. The lowest BCUT2D eigenvalue weighted by Crippen LogP contribution is -2.24. The maximum absolute atomic E-state index is 14.6. The molecule has 3 heteroatoms. The van der Waals surface area contributed by atoms with E-state index in [0.717, 1.165) is 44.5 Å². The number of rotatable bonds is 6. The summed E-state index contributed by atoms with van der Waals surface area (Å²) in [4.78, 5) is 14.6. The Bertz CT molecular complexity index is 1220. The fraction of sp³-hybridized carbons (Fsp3) is 0.194. The van der Waals surface area contributed by atoms with Gasteiger partial charge in [0.15, 0.2) is 5.78 Å². The summed E-state index contributed by atoms with van der Waals surface area (Å²) in [5, 5.41) is 21.1. The number of ketones is 1. The van der Waals surface area contributed by atoms with Crippen LogP contribution in [0.3, 0.4) is 0 Å². The van der Waals surface area contributed by atoms with Crippen LogP contribution in [-0.4, -0.2) is 16.0 Å². The van der Waals surface area contributed by atoms with Crippen LogP contribution in [0.4, 0.5) is 0 Å². The Morgan fingerprint density at radius 2 is 0.912 bits per heavy atom. The third kappa shape index (κ3) is 4.47. The molecule has 4 aromatic carbocycles. The number of phenolic OH excluding ortho intramolecular Hbond substituents is 2. The summed E-state index contributed by atoms with van der Waals surface area (Å²) >= 11 is 0. The zero-order valence-electron chi connectivity index (χ0n) is 20.0. The molecule has 2 unspecified atom stereocenters. The zero-order valence-corrected chi connectivity index (χ0v) is 20.0. The number of phenols is 2. The highest BCUT2D eigenvalue weighted by molar-refractivity contribution is 5.97. The topological polar surface area (TPSA) is 57.5 Å². The van der Waals surface area contributed by atoms with Crippen molar-refractivity contribution in [1.29, 1.82) is 0 Å². The van der Waals surface area contributed by atoms with Crippen molar-refractivity contribution < 1.29 is 15.0 Å². The molecule has 2 N–H and O–H groups in total. The van der Waals surface area contributed by atoms with Crippen LogP contribution in [0.15, 0.2) is 84.9 Å². The lowest BCUT2D eigenvalue weighted by molar-refractivity contribution is -0.120. The Balaban J connectivity index is 1.97. The van der Waals surface area contributed by atoms with E-state index in [2.05, 4.69) is 0 Å². The molecule has 0 amide bonds. The maximum atomic E-state index is 14.6. The molecule has 0 saturated carbocycles. The lowest BCUT2D eigenvalue weighted by atomic mass is 9.75. The fourth-order valence-electron chi connectivity index (χ4n) is 4.79. The molecular weight excluding hydrogens is 420 g/mol. The van der Waals surface area contributed by atoms with Crippen LogP contribution in [0.2, 0.25) is 0 Å². The number of Topliss-reactive ketones (excluding diaryl/α,β-unsaturated/α-hetero) is 1. The summed E-state index contributed by atoms with van der Waals surface area (Å²) in [5.74, 6) is -0.818. The molecule has 0 fully saturated rings. The van der Waals surface area contributed by atoms with Gasteiger partial charge in [-0.1, -0.05) is 72.8 Å². The number of hydrogen-bond donors (Lipinski definition) is 2. The maximum Gasteiger partial charge on any atom is 0.156 e. The second-order valence-electron chi connectivity index (χ2n) is 9.08. The van der Waals surface area contributed by atoms with Crippen molar-refractivity contribution in [3.8, 4) is 11.5 Å². The summed E-state index contributed by atoms with van der Waals surface area (Å²) in [6.07, 6.45) is 0. The first-order valence-corrected chi connectivity index (χ1v) is 11.5. The van der Waals surface area contributed by atoms with Crippen molar-refractivity contribution in [2.45, 2.75) is 39.5 Å². The van der Waals surface area contributed by atoms with Crippen LogP contribution >= 0.6 is 0 Å². The lowest BCUT2D eigenvalue weighted by Gasteiger charge is -2.27. The van der Waals surface area contributed by atoms with Crippen LogP contribution in [0, 0.1) is 27.7 Å². The molecule has 172 valence electrons. The predicted molar refractivity (Wildman–Crippen MR) is 137 cm³/mol. The molecule has 0 aliphatic carbocycles. The van der Waals surface area contributed by atoms with Crippen LogP contribution < -0.4 is 0 Å². The number of benzene rings is 4. The highest BCUT2D eigenvalue weighted by Gasteiger charge is 2.34. The molecular formula is C31H30O3. The molecule has 0 aliphatic rings. The quantitative estimate of drug-likeness (QED) is 0.337. The summed E-state index contributed by atoms with van der Waals surface area (Å²) in [5.41, 5.74) is 6.77. The molecule has 0 aromatic heterocycles. The Hall–Kier alpha value is -3.85. The van der Waals surface area contributed by atoms with Crippen molar-refractivity contribution >= 4 is 5.78 Å². The van der Waals surface area contributed by atoms with Gasteiger partial charge in [0.2, 0.25) is 0 Å². The van der Waals surface area contributed by atoms with E-state index in [4.69, 9.17) is 0 Å². The summed E-state index contributed by atoms with van der Waals surface area (Å²) < 4.78 is 0. The molecule has 0 aliphatic heterocycles. The number of aromatic hydroxyl groups is 2. The van der Waals surface area contributed by atoms with Gasteiger partial charge in [0.25, 0.3) is 0 Å². The van der Waals surface area contributed by atoms with Crippen molar-refractivity contribution in [3.63, 3.8) is 0 Å². The van der Waals surface area contributed by atoms with E-state index >= 15 is 0 Å². The molecule has 0 saturated heterocycles. The summed E-state index contributed by atoms with van der Waals surface area (Å²) in [7, 11) is 0. The van der Waals surface area contributed by atoms with Crippen LogP contribution in [-0.2, 0) is 4.79 Å². The van der Waals surface area contributed by atoms with Gasteiger partial charge in [-0.25, -0.2) is 0 Å². The molecule has 34 heavy (non-hydrogen) atoms. The van der Waals surface area contributed by atoms with Crippen molar-refractivity contribution in [1.82, 2.24) is 0 Å². The van der Waals surface area contributed by atoms with Gasteiger partial charge in [0.1, 0.15) is 11.5 Å².